The van der Waals surface area contributed by atoms with E-state index in [0.29, 0.717) is 12.5 Å². The molecule has 1 aliphatic rings. The van der Waals surface area contributed by atoms with Gasteiger partial charge in [-0.05, 0) is 24.6 Å². The summed E-state index contributed by atoms with van der Waals surface area (Å²) in [5.41, 5.74) is 3.02. The summed E-state index contributed by atoms with van der Waals surface area (Å²) < 4.78 is 7.27. The van der Waals surface area contributed by atoms with Crippen LogP contribution >= 0.6 is 0 Å². The van der Waals surface area contributed by atoms with E-state index in [4.69, 9.17) is 9.73 Å². The number of hydrogen-bond acceptors (Lipinski definition) is 5. The highest BCUT2D eigenvalue weighted by molar-refractivity contribution is 5.86. The third-order valence-electron chi connectivity index (χ3n) is 5.10. The number of benzene rings is 1. The Hall–Kier alpha value is -2.91. The minimum atomic E-state index is -0.00454. The Balaban J connectivity index is 1.66. The monoisotopic (exact) mass is 427 g/mol. The Bertz CT molecular complexity index is 872. The minimum absolute atomic E-state index is 0.00454. The average molecular weight is 428 g/mol. The second-order valence-corrected chi connectivity index (χ2v) is 7.72. The Morgan fingerprint density at radius 2 is 1.97 bits per heavy atom. The van der Waals surface area contributed by atoms with Crippen molar-refractivity contribution in [3.05, 3.63) is 47.8 Å². The lowest BCUT2D eigenvalue weighted by Crippen LogP contribution is -2.46. The number of nitrogens with one attached hydrogen (secondary N) is 2. The van der Waals surface area contributed by atoms with Crippen LogP contribution < -0.4 is 10.6 Å². The van der Waals surface area contributed by atoms with Crippen LogP contribution in [0.4, 0.5) is 0 Å². The second-order valence-electron chi connectivity index (χ2n) is 7.72. The van der Waals surface area contributed by atoms with Gasteiger partial charge in [-0.15, -0.1) is 0 Å². The molecule has 0 radical (unpaired) electrons. The number of rotatable bonds is 8. The van der Waals surface area contributed by atoms with Crippen molar-refractivity contribution in [2.24, 2.45) is 4.99 Å². The van der Waals surface area contributed by atoms with Gasteiger partial charge in [0.1, 0.15) is 0 Å². The molecule has 0 saturated carbocycles. The van der Waals surface area contributed by atoms with Gasteiger partial charge in [0.15, 0.2) is 5.96 Å². The molecule has 2 N–H and O–H groups in total. The quantitative estimate of drug-likeness (QED) is 0.475. The maximum absolute atomic E-state index is 12.0. The molecule has 0 aliphatic carbocycles. The summed E-state index contributed by atoms with van der Waals surface area (Å²) in [4.78, 5) is 20.7. The molecule has 0 bridgehead atoms. The number of carbonyl (C=O) groups is 1. The highest BCUT2D eigenvalue weighted by atomic mass is 16.5. The van der Waals surface area contributed by atoms with Gasteiger partial charge in [-0.25, -0.2) is 9.67 Å². The van der Waals surface area contributed by atoms with Gasteiger partial charge in [0.05, 0.1) is 37.7 Å². The van der Waals surface area contributed by atoms with E-state index in [1.54, 1.807) is 19.0 Å². The summed E-state index contributed by atoms with van der Waals surface area (Å²) in [5.74, 6) is 0.616. The lowest BCUT2D eigenvalue weighted by atomic mass is 10.2. The maximum Gasteiger partial charge on any atom is 0.241 e. The summed E-state index contributed by atoms with van der Waals surface area (Å²) in [7, 11) is 3.49. The summed E-state index contributed by atoms with van der Waals surface area (Å²) in [6.45, 7) is 7.71. The molecule has 168 valence electrons. The van der Waals surface area contributed by atoms with Gasteiger partial charge in [-0.2, -0.15) is 5.10 Å². The third-order valence-corrected chi connectivity index (χ3v) is 5.10. The summed E-state index contributed by atoms with van der Waals surface area (Å²) in [6.07, 6.45) is 1.95. The third kappa shape index (κ3) is 7.08. The second kappa shape index (κ2) is 11.5. The topological polar surface area (TPSA) is 87.0 Å². The molecule has 1 fully saturated rings. The van der Waals surface area contributed by atoms with E-state index in [0.717, 1.165) is 56.3 Å². The predicted molar refractivity (Wildman–Crippen MR) is 121 cm³/mol. The van der Waals surface area contributed by atoms with Crippen molar-refractivity contribution in [3.8, 4) is 5.69 Å². The molecule has 9 nitrogen and oxygen atoms in total. The largest absolute Gasteiger partial charge is 0.379 e. The number of aryl methyl sites for hydroxylation is 1. The number of aromatic nitrogens is 2. The number of aliphatic imine (C=N–C) groups is 1. The lowest BCUT2D eigenvalue weighted by molar-refractivity contribution is -0.127. The van der Waals surface area contributed by atoms with Crippen LogP contribution in [0.3, 0.4) is 0 Å². The van der Waals surface area contributed by atoms with E-state index in [2.05, 4.69) is 20.6 Å². The molecular weight excluding hydrogens is 394 g/mol. The first-order chi connectivity index (χ1) is 15.0. The van der Waals surface area contributed by atoms with Crippen LogP contribution in [-0.4, -0.2) is 91.5 Å². The van der Waals surface area contributed by atoms with Gasteiger partial charge in [-0.3, -0.25) is 9.69 Å². The molecule has 1 aliphatic heterocycles. The van der Waals surface area contributed by atoms with Crippen LogP contribution in [0.15, 0.2) is 41.5 Å². The number of morpholine rings is 1. The average Bonchev–Trinajstić information content (AvgIpc) is 3.22. The molecule has 1 aromatic carbocycles. The van der Waals surface area contributed by atoms with E-state index in [-0.39, 0.29) is 12.5 Å². The van der Waals surface area contributed by atoms with Crippen LogP contribution in [-0.2, 0) is 16.1 Å². The predicted octanol–water partition coefficient (Wildman–Crippen LogP) is 0.636. The van der Waals surface area contributed by atoms with Gasteiger partial charge >= 0.3 is 0 Å². The fraction of sp³-hybridized carbons (Fsp3) is 0.500. The molecule has 1 aromatic heterocycles. The standard InChI is InChI=1S/C22H33N7O2/c1-18-8-10-29(26-18)20-7-5-4-6-19(20)16-24-22(25-17-21(30)27(2)3)23-9-11-28-12-14-31-15-13-28/h4-8,10H,9,11-17H2,1-3H3,(H2,23,24,25). The first-order valence-electron chi connectivity index (χ1n) is 10.7. The molecule has 31 heavy (non-hydrogen) atoms. The number of ether oxygens (including phenoxy) is 1. The number of para-hydroxylation sites is 1. The molecule has 0 spiro atoms. The summed E-state index contributed by atoms with van der Waals surface area (Å²) >= 11 is 0. The van der Waals surface area contributed by atoms with Crippen molar-refractivity contribution in [2.75, 3.05) is 60.0 Å². The van der Waals surface area contributed by atoms with E-state index in [9.17, 15) is 4.79 Å². The molecule has 1 saturated heterocycles. The van der Waals surface area contributed by atoms with E-state index >= 15 is 0 Å². The first-order valence-corrected chi connectivity index (χ1v) is 10.7. The number of carbonyl (C=O) groups excluding carboxylic acids is 1. The van der Waals surface area contributed by atoms with Gasteiger partial charge in [0, 0.05) is 46.5 Å². The van der Waals surface area contributed by atoms with Crippen molar-refractivity contribution in [1.29, 1.82) is 0 Å². The summed E-state index contributed by atoms with van der Waals surface area (Å²) in [6, 6.07) is 10.1. The van der Waals surface area contributed by atoms with Crippen LogP contribution in [0.2, 0.25) is 0 Å². The molecule has 9 heteroatoms. The number of guanidine groups is 1. The van der Waals surface area contributed by atoms with Crippen LogP contribution in [0.25, 0.3) is 5.69 Å². The van der Waals surface area contributed by atoms with E-state index in [1.807, 2.05) is 48.1 Å². The van der Waals surface area contributed by atoms with Gasteiger partial charge in [0.2, 0.25) is 5.91 Å². The maximum atomic E-state index is 12.0. The molecule has 2 aromatic rings. The normalized spacial score (nSPS) is 15.0. The Kier molecular flexibility index (Phi) is 8.43. The highest BCUT2D eigenvalue weighted by Crippen LogP contribution is 2.15. The van der Waals surface area contributed by atoms with Crippen molar-refractivity contribution >= 4 is 11.9 Å². The number of likely N-dealkylation sites (N-methyl/N-ethyl adjacent to an activating group) is 1. The number of hydrogen-bond donors (Lipinski definition) is 2. The molecule has 3 rings (SSSR count). The first kappa shape index (κ1) is 22.8. The molecule has 0 atom stereocenters. The van der Waals surface area contributed by atoms with Crippen LogP contribution in [0, 0.1) is 6.92 Å². The SMILES string of the molecule is Cc1ccn(-c2ccccc2CN=C(NCCN2CCOCC2)NCC(=O)N(C)C)n1. The van der Waals surface area contributed by atoms with Crippen molar-refractivity contribution in [2.45, 2.75) is 13.5 Å². The van der Waals surface area contributed by atoms with Crippen molar-refractivity contribution in [1.82, 2.24) is 30.2 Å². The Morgan fingerprint density at radius 1 is 1.19 bits per heavy atom. The zero-order valence-corrected chi connectivity index (χ0v) is 18.7. The smallest absolute Gasteiger partial charge is 0.241 e. The molecule has 1 amide bonds. The number of nitrogens with zero attached hydrogens (tertiary/aromatic N) is 5. The van der Waals surface area contributed by atoms with E-state index < -0.39 is 0 Å². The highest BCUT2D eigenvalue weighted by Gasteiger charge is 2.11. The van der Waals surface area contributed by atoms with Crippen LogP contribution in [0.5, 0.6) is 0 Å². The minimum Gasteiger partial charge on any atom is -0.379 e. The van der Waals surface area contributed by atoms with Gasteiger partial charge in [-0.1, -0.05) is 18.2 Å². The zero-order valence-electron chi connectivity index (χ0n) is 18.7. The lowest BCUT2D eigenvalue weighted by Gasteiger charge is -2.26. The van der Waals surface area contributed by atoms with Gasteiger partial charge < -0.3 is 20.3 Å². The molecule has 2 heterocycles. The number of amides is 1. The van der Waals surface area contributed by atoms with Crippen LogP contribution in [0.1, 0.15) is 11.3 Å². The fourth-order valence-corrected chi connectivity index (χ4v) is 3.23. The Labute approximate surface area is 184 Å². The molecular formula is C22H33N7O2. The van der Waals surface area contributed by atoms with Crippen molar-refractivity contribution < 1.29 is 9.53 Å². The van der Waals surface area contributed by atoms with E-state index in [1.165, 1.54) is 0 Å². The molecule has 0 unspecified atom stereocenters. The Morgan fingerprint density at radius 3 is 2.68 bits per heavy atom. The van der Waals surface area contributed by atoms with Gasteiger partial charge in [0.25, 0.3) is 0 Å². The summed E-state index contributed by atoms with van der Waals surface area (Å²) in [5, 5.41) is 11.0. The zero-order chi connectivity index (χ0) is 22.1. The fourth-order valence-electron chi connectivity index (χ4n) is 3.23. The van der Waals surface area contributed by atoms with Crippen molar-refractivity contribution in [3.63, 3.8) is 0 Å².